The summed E-state index contributed by atoms with van der Waals surface area (Å²) >= 11 is 1.88. The molecule has 2 unspecified atom stereocenters. The number of thioether (sulfide) groups is 1. The Kier molecular flexibility index (Phi) is 7.17. The average molecular weight is 302 g/mol. The minimum Gasteiger partial charge on any atom is -0.444 e. The lowest BCUT2D eigenvalue weighted by molar-refractivity contribution is 0.0166. The molecule has 0 aromatic carbocycles. The van der Waals surface area contributed by atoms with Gasteiger partial charge in [0.2, 0.25) is 0 Å². The third-order valence-corrected chi connectivity index (χ3v) is 4.41. The summed E-state index contributed by atoms with van der Waals surface area (Å²) in [5.41, 5.74) is -0.407. The molecule has 1 aliphatic rings. The zero-order chi connectivity index (χ0) is 15.2. The quantitative estimate of drug-likeness (QED) is 0.848. The molecule has 1 heterocycles. The Labute approximate surface area is 128 Å². The number of nitrogens with one attached hydrogen (secondary N) is 1. The number of ether oxygens (including phenoxy) is 1. The number of rotatable bonds is 5. The normalized spacial score (nSPS) is 21.6. The van der Waals surface area contributed by atoms with Crippen molar-refractivity contribution in [2.24, 2.45) is 5.92 Å². The van der Waals surface area contributed by atoms with Crippen LogP contribution in [0.25, 0.3) is 0 Å². The van der Waals surface area contributed by atoms with E-state index < -0.39 is 5.60 Å². The van der Waals surface area contributed by atoms with E-state index in [-0.39, 0.29) is 6.09 Å². The number of piperidine rings is 1. The number of carbonyl (C=O) groups excluding carboxylic acids is 1. The van der Waals surface area contributed by atoms with E-state index in [1.807, 2.05) is 37.4 Å². The van der Waals surface area contributed by atoms with Gasteiger partial charge < -0.3 is 15.0 Å². The van der Waals surface area contributed by atoms with Crippen LogP contribution in [0.3, 0.4) is 0 Å². The molecule has 0 aliphatic carbocycles. The van der Waals surface area contributed by atoms with Gasteiger partial charge >= 0.3 is 6.09 Å². The molecule has 1 amide bonds. The van der Waals surface area contributed by atoms with Crippen molar-refractivity contribution in [1.29, 1.82) is 0 Å². The monoisotopic (exact) mass is 302 g/mol. The highest BCUT2D eigenvalue weighted by Crippen LogP contribution is 2.19. The Hall–Kier alpha value is -0.420. The molecule has 0 saturated carbocycles. The van der Waals surface area contributed by atoms with Gasteiger partial charge in [0.1, 0.15) is 5.60 Å². The number of carbonyl (C=O) groups is 1. The van der Waals surface area contributed by atoms with Gasteiger partial charge in [0.25, 0.3) is 0 Å². The van der Waals surface area contributed by atoms with Gasteiger partial charge in [-0.1, -0.05) is 6.92 Å². The van der Waals surface area contributed by atoms with E-state index in [9.17, 15) is 4.79 Å². The first-order valence-corrected chi connectivity index (χ1v) is 8.82. The molecule has 1 saturated heterocycles. The summed E-state index contributed by atoms with van der Waals surface area (Å²) < 4.78 is 5.45. The van der Waals surface area contributed by atoms with Gasteiger partial charge in [-0.3, -0.25) is 0 Å². The number of likely N-dealkylation sites (tertiary alicyclic amines) is 1. The number of hydrogen-bond acceptors (Lipinski definition) is 4. The first-order chi connectivity index (χ1) is 9.31. The van der Waals surface area contributed by atoms with E-state index in [4.69, 9.17) is 4.74 Å². The highest BCUT2D eigenvalue weighted by Gasteiger charge is 2.27. The Bertz CT molecular complexity index is 305. The van der Waals surface area contributed by atoms with Crippen LogP contribution in [-0.4, -0.2) is 54.3 Å². The molecule has 0 bridgehead atoms. The first-order valence-electron chi connectivity index (χ1n) is 7.53. The zero-order valence-electron chi connectivity index (χ0n) is 13.6. The van der Waals surface area contributed by atoms with Crippen LogP contribution in [0.2, 0.25) is 0 Å². The van der Waals surface area contributed by atoms with Gasteiger partial charge in [0.05, 0.1) is 0 Å². The van der Waals surface area contributed by atoms with Crippen LogP contribution >= 0.6 is 11.8 Å². The molecule has 1 N–H and O–H groups in total. The van der Waals surface area contributed by atoms with Crippen LogP contribution in [0.15, 0.2) is 0 Å². The van der Waals surface area contributed by atoms with Crippen molar-refractivity contribution in [1.82, 2.24) is 10.2 Å². The van der Waals surface area contributed by atoms with E-state index in [0.717, 1.165) is 32.6 Å². The predicted molar refractivity (Wildman–Crippen MR) is 86.4 cm³/mol. The van der Waals surface area contributed by atoms with Crippen molar-refractivity contribution >= 4 is 17.9 Å². The molecular formula is C15H30N2O2S. The second kappa shape index (κ2) is 8.13. The summed E-state index contributed by atoms with van der Waals surface area (Å²) in [4.78, 5) is 13.9. The smallest absolute Gasteiger partial charge is 0.410 e. The summed E-state index contributed by atoms with van der Waals surface area (Å²) in [6.45, 7) is 11.6. The summed E-state index contributed by atoms with van der Waals surface area (Å²) in [6.07, 6.45) is 4.24. The lowest BCUT2D eigenvalue weighted by atomic mass is 9.98. The number of hydrogen-bond donors (Lipinski definition) is 1. The standard InChI is InChI=1S/C15H30N2O2S/c1-12(20-5)9-16-10-13-7-6-8-17(11-13)14(18)19-15(2,3)4/h12-13,16H,6-11H2,1-5H3. The third-order valence-electron chi connectivity index (χ3n) is 3.44. The topological polar surface area (TPSA) is 41.6 Å². The SMILES string of the molecule is CSC(C)CNCC1CCCN(C(=O)OC(C)(C)C)C1. The van der Waals surface area contributed by atoms with Crippen molar-refractivity contribution < 1.29 is 9.53 Å². The summed E-state index contributed by atoms with van der Waals surface area (Å²) in [6, 6.07) is 0. The van der Waals surface area contributed by atoms with Crippen LogP contribution in [0.5, 0.6) is 0 Å². The van der Waals surface area contributed by atoms with Gasteiger partial charge in [-0.15, -0.1) is 0 Å². The Balaban J connectivity index is 2.33. The molecule has 0 aromatic heterocycles. The van der Waals surface area contributed by atoms with E-state index in [1.54, 1.807) is 0 Å². The maximum Gasteiger partial charge on any atom is 0.410 e. The molecule has 0 radical (unpaired) electrons. The van der Waals surface area contributed by atoms with Crippen molar-refractivity contribution in [3.05, 3.63) is 0 Å². The van der Waals surface area contributed by atoms with Crippen molar-refractivity contribution in [2.75, 3.05) is 32.4 Å². The minimum absolute atomic E-state index is 0.167. The van der Waals surface area contributed by atoms with E-state index >= 15 is 0 Å². The van der Waals surface area contributed by atoms with E-state index in [2.05, 4.69) is 18.5 Å². The van der Waals surface area contributed by atoms with Gasteiger partial charge in [0.15, 0.2) is 0 Å². The van der Waals surface area contributed by atoms with E-state index in [1.165, 1.54) is 6.42 Å². The minimum atomic E-state index is -0.407. The maximum atomic E-state index is 12.1. The van der Waals surface area contributed by atoms with Gasteiger partial charge in [0, 0.05) is 24.9 Å². The fourth-order valence-electron chi connectivity index (χ4n) is 2.30. The molecule has 118 valence electrons. The molecule has 1 fully saturated rings. The molecule has 0 aromatic rings. The Morgan fingerprint density at radius 1 is 1.50 bits per heavy atom. The maximum absolute atomic E-state index is 12.1. The van der Waals surface area contributed by atoms with Crippen LogP contribution in [0.4, 0.5) is 4.79 Å². The van der Waals surface area contributed by atoms with Crippen LogP contribution in [0, 0.1) is 5.92 Å². The van der Waals surface area contributed by atoms with Crippen LogP contribution in [0.1, 0.15) is 40.5 Å². The van der Waals surface area contributed by atoms with Gasteiger partial charge in [-0.25, -0.2) is 4.79 Å². The molecular weight excluding hydrogens is 272 g/mol. The largest absolute Gasteiger partial charge is 0.444 e. The molecule has 5 heteroatoms. The second-order valence-electron chi connectivity index (χ2n) is 6.64. The molecule has 2 atom stereocenters. The molecule has 1 rings (SSSR count). The lowest BCUT2D eigenvalue weighted by Gasteiger charge is -2.34. The summed E-state index contributed by atoms with van der Waals surface area (Å²) in [7, 11) is 0. The van der Waals surface area contributed by atoms with Gasteiger partial charge in [-0.05, 0) is 52.3 Å². The second-order valence-corrected chi connectivity index (χ2v) is 7.92. The highest BCUT2D eigenvalue weighted by molar-refractivity contribution is 7.99. The zero-order valence-corrected chi connectivity index (χ0v) is 14.4. The summed E-state index contributed by atoms with van der Waals surface area (Å²) in [5, 5.41) is 4.15. The number of amides is 1. The van der Waals surface area contributed by atoms with Crippen molar-refractivity contribution in [3.63, 3.8) is 0 Å². The molecule has 4 nitrogen and oxygen atoms in total. The Morgan fingerprint density at radius 3 is 2.80 bits per heavy atom. The van der Waals surface area contributed by atoms with Crippen molar-refractivity contribution in [3.8, 4) is 0 Å². The number of nitrogens with zero attached hydrogens (tertiary/aromatic N) is 1. The summed E-state index contributed by atoms with van der Waals surface area (Å²) in [5.74, 6) is 0.547. The van der Waals surface area contributed by atoms with Crippen LogP contribution < -0.4 is 5.32 Å². The molecule has 20 heavy (non-hydrogen) atoms. The predicted octanol–water partition coefficient (Wildman–Crippen LogP) is 2.97. The third kappa shape index (κ3) is 6.84. The molecule has 0 spiro atoms. The average Bonchev–Trinajstić information content (AvgIpc) is 2.37. The fourth-order valence-corrected chi connectivity index (χ4v) is 2.58. The Morgan fingerprint density at radius 2 is 2.20 bits per heavy atom. The van der Waals surface area contributed by atoms with Crippen molar-refractivity contribution in [2.45, 2.75) is 51.4 Å². The van der Waals surface area contributed by atoms with Gasteiger partial charge in [-0.2, -0.15) is 11.8 Å². The highest BCUT2D eigenvalue weighted by atomic mass is 32.2. The molecule has 1 aliphatic heterocycles. The van der Waals surface area contributed by atoms with E-state index in [0.29, 0.717) is 11.2 Å². The van der Waals surface area contributed by atoms with Crippen LogP contribution in [-0.2, 0) is 4.74 Å². The fraction of sp³-hybridized carbons (Fsp3) is 0.933. The lowest BCUT2D eigenvalue weighted by Crippen LogP contribution is -2.45. The first kappa shape index (κ1) is 17.6.